The van der Waals surface area contributed by atoms with Crippen LogP contribution in [0.15, 0.2) is 18.2 Å². The standard InChI is InChI=1S/C14H20O/c1-14(2,10-15)13-8-7-11-5-3-4-6-12(11)9-13/h7-9,15H,3-6,10H2,1-2H3. The molecule has 0 radical (unpaired) electrons. The third kappa shape index (κ3) is 2.07. The van der Waals surface area contributed by atoms with Crippen LogP contribution in [0.1, 0.15) is 43.4 Å². The number of aliphatic hydroxyl groups excluding tert-OH is 1. The van der Waals surface area contributed by atoms with E-state index in [0.717, 1.165) is 0 Å². The number of hydrogen-bond donors (Lipinski definition) is 1. The molecule has 1 aromatic carbocycles. The first kappa shape index (κ1) is 10.7. The van der Waals surface area contributed by atoms with E-state index in [-0.39, 0.29) is 12.0 Å². The van der Waals surface area contributed by atoms with Crippen molar-refractivity contribution in [2.75, 3.05) is 6.61 Å². The van der Waals surface area contributed by atoms with Crippen molar-refractivity contribution >= 4 is 0 Å². The lowest BCUT2D eigenvalue weighted by molar-refractivity contribution is 0.218. The maximum Gasteiger partial charge on any atom is 0.0522 e. The van der Waals surface area contributed by atoms with Crippen molar-refractivity contribution in [2.45, 2.75) is 44.9 Å². The highest BCUT2D eigenvalue weighted by Crippen LogP contribution is 2.28. The monoisotopic (exact) mass is 204 g/mol. The number of hydrogen-bond acceptors (Lipinski definition) is 1. The molecular formula is C14H20O. The first-order valence-corrected chi connectivity index (χ1v) is 5.86. The van der Waals surface area contributed by atoms with Crippen LogP contribution in [0.2, 0.25) is 0 Å². The molecule has 0 heterocycles. The van der Waals surface area contributed by atoms with Crippen LogP contribution >= 0.6 is 0 Å². The zero-order chi connectivity index (χ0) is 10.9. The summed E-state index contributed by atoms with van der Waals surface area (Å²) in [5, 5.41) is 9.35. The molecule has 0 aliphatic heterocycles. The van der Waals surface area contributed by atoms with E-state index in [1.165, 1.54) is 42.4 Å². The lowest BCUT2D eigenvalue weighted by atomic mass is 9.81. The lowest BCUT2D eigenvalue weighted by Crippen LogP contribution is -2.22. The molecule has 1 heteroatoms. The van der Waals surface area contributed by atoms with Gasteiger partial charge in [-0.3, -0.25) is 0 Å². The van der Waals surface area contributed by atoms with Crippen LogP contribution < -0.4 is 0 Å². The molecule has 0 atom stereocenters. The second-order valence-corrected chi connectivity index (χ2v) is 5.23. The fourth-order valence-electron chi connectivity index (χ4n) is 2.25. The van der Waals surface area contributed by atoms with Crippen LogP contribution in [0.3, 0.4) is 0 Å². The minimum Gasteiger partial charge on any atom is -0.395 e. The second kappa shape index (κ2) is 3.97. The average molecular weight is 204 g/mol. The molecule has 0 saturated heterocycles. The molecule has 0 unspecified atom stereocenters. The fraction of sp³-hybridized carbons (Fsp3) is 0.571. The van der Waals surface area contributed by atoms with E-state index in [4.69, 9.17) is 0 Å². The average Bonchev–Trinajstić information content (AvgIpc) is 2.28. The second-order valence-electron chi connectivity index (χ2n) is 5.23. The first-order valence-electron chi connectivity index (χ1n) is 5.86. The quantitative estimate of drug-likeness (QED) is 0.785. The number of aliphatic hydroxyl groups is 1. The third-order valence-corrected chi connectivity index (χ3v) is 3.53. The molecule has 0 spiro atoms. The molecule has 1 nitrogen and oxygen atoms in total. The van der Waals surface area contributed by atoms with Gasteiger partial charge in [0.2, 0.25) is 0 Å². The summed E-state index contributed by atoms with van der Waals surface area (Å²) >= 11 is 0. The van der Waals surface area contributed by atoms with Crippen LogP contribution in [-0.2, 0) is 18.3 Å². The number of rotatable bonds is 2. The van der Waals surface area contributed by atoms with E-state index in [2.05, 4.69) is 32.0 Å². The van der Waals surface area contributed by atoms with Crippen molar-refractivity contribution < 1.29 is 5.11 Å². The topological polar surface area (TPSA) is 20.2 Å². The van der Waals surface area contributed by atoms with Gasteiger partial charge in [-0.1, -0.05) is 32.0 Å². The van der Waals surface area contributed by atoms with Gasteiger partial charge in [-0.15, -0.1) is 0 Å². The van der Waals surface area contributed by atoms with Crippen molar-refractivity contribution in [3.05, 3.63) is 34.9 Å². The largest absolute Gasteiger partial charge is 0.395 e. The van der Waals surface area contributed by atoms with Crippen LogP contribution in [0, 0.1) is 0 Å². The summed E-state index contributed by atoms with van der Waals surface area (Å²) < 4.78 is 0. The smallest absolute Gasteiger partial charge is 0.0522 e. The van der Waals surface area contributed by atoms with E-state index >= 15 is 0 Å². The first-order chi connectivity index (χ1) is 7.13. The van der Waals surface area contributed by atoms with Crippen LogP contribution in [0.5, 0.6) is 0 Å². The van der Waals surface area contributed by atoms with Gasteiger partial charge in [-0.2, -0.15) is 0 Å². The van der Waals surface area contributed by atoms with E-state index in [1.54, 1.807) is 0 Å². The highest BCUT2D eigenvalue weighted by Gasteiger charge is 2.21. The van der Waals surface area contributed by atoms with Crippen LogP contribution in [-0.4, -0.2) is 11.7 Å². The summed E-state index contributed by atoms with van der Waals surface area (Å²) in [6.07, 6.45) is 5.09. The SMILES string of the molecule is CC(C)(CO)c1ccc2c(c1)CCCC2. The molecule has 0 amide bonds. The van der Waals surface area contributed by atoms with Gasteiger partial charge < -0.3 is 5.11 Å². The third-order valence-electron chi connectivity index (χ3n) is 3.53. The molecule has 0 saturated carbocycles. The fourth-order valence-corrected chi connectivity index (χ4v) is 2.25. The molecule has 1 aliphatic carbocycles. The number of benzene rings is 1. The predicted molar refractivity (Wildman–Crippen MR) is 63.2 cm³/mol. The molecule has 15 heavy (non-hydrogen) atoms. The van der Waals surface area contributed by atoms with Crippen molar-refractivity contribution in [3.63, 3.8) is 0 Å². The molecule has 0 aromatic heterocycles. The summed E-state index contributed by atoms with van der Waals surface area (Å²) in [5.74, 6) is 0. The van der Waals surface area contributed by atoms with Gasteiger partial charge in [-0.25, -0.2) is 0 Å². The molecule has 0 fully saturated rings. The van der Waals surface area contributed by atoms with Crippen molar-refractivity contribution in [1.82, 2.24) is 0 Å². The Morgan fingerprint density at radius 3 is 2.47 bits per heavy atom. The van der Waals surface area contributed by atoms with Gasteiger partial charge in [0.05, 0.1) is 6.61 Å². The Morgan fingerprint density at radius 1 is 1.13 bits per heavy atom. The van der Waals surface area contributed by atoms with E-state index in [1.807, 2.05) is 0 Å². The zero-order valence-electron chi connectivity index (χ0n) is 9.71. The molecule has 1 aromatic rings. The number of aryl methyl sites for hydroxylation is 2. The van der Waals surface area contributed by atoms with E-state index in [0.29, 0.717) is 0 Å². The molecule has 0 bridgehead atoms. The Bertz CT molecular complexity index is 352. The summed E-state index contributed by atoms with van der Waals surface area (Å²) in [4.78, 5) is 0. The Balaban J connectivity index is 2.36. The van der Waals surface area contributed by atoms with Gasteiger partial charge in [0, 0.05) is 5.41 Å². The van der Waals surface area contributed by atoms with Gasteiger partial charge in [-0.05, 0) is 42.4 Å². The van der Waals surface area contributed by atoms with Crippen molar-refractivity contribution in [1.29, 1.82) is 0 Å². The van der Waals surface area contributed by atoms with Gasteiger partial charge in [0.1, 0.15) is 0 Å². The summed E-state index contributed by atoms with van der Waals surface area (Å²) in [6.45, 7) is 4.40. The highest BCUT2D eigenvalue weighted by molar-refractivity contribution is 5.36. The lowest BCUT2D eigenvalue weighted by Gasteiger charge is -2.25. The Labute approximate surface area is 92.1 Å². The molecule has 1 N–H and O–H groups in total. The molecular weight excluding hydrogens is 184 g/mol. The van der Waals surface area contributed by atoms with Crippen molar-refractivity contribution in [2.24, 2.45) is 0 Å². The minimum absolute atomic E-state index is 0.105. The molecule has 82 valence electrons. The summed E-state index contributed by atoms with van der Waals surface area (Å²) in [7, 11) is 0. The molecule has 2 rings (SSSR count). The van der Waals surface area contributed by atoms with Crippen LogP contribution in [0.4, 0.5) is 0 Å². The van der Waals surface area contributed by atoms with Crippen LogP contribution in [0.25, 0.3) is 0 Å². The maximum absolute atomic E-state index is 9.35. The highest BCUT2D eigenvalue weighted by atomic mass is 16.3. The Morgan fingerprint density at radius 2 is 1.80 bits per heavy atom. The number of fused-ring (bicyclic) bond motifs is 1. The molecule has 1 aliphatic rings. The van der Waals surface area contributed by atoms with Gasteiger partial charge in [0.25, 0.3) is 0 Å². The maximum atomic E-state index is 9.35. The Hall–Kier alpha value is -0.820. The summed E-state index contributed by atoms with van der Waals surface area (Å²) in [6, 6.07) is 6.73. The minimum atomic E-state index is -0.105. The van der Waals surface area contributed by atoms with Gasteiger partial charge >= 0.3 is 0 Å². The predicted octanol–water partition coefficient (Wildman–Crippen LogP) is 2.84. The Kier molecular flexibility index (Phi) is 2.83. The summed E-state index contributed by atoms with van der Waals surface area (Å²) in [5.41, 5.74) is 4.18. The van der Waals surface area contributed by atoms with E-state index in [9.17, 15) is 5.11 Å². The zero-order valence-corrected chi connectivity index (χ0v) is 9.71. The van der Waals surface area contributed by atoms with E-state index < -0.39 is 0 Å². The van der Waals surface area contributed by atoms with Gasteiger partial charge in [0.15, 0.2) is 0 Å². The normalized spacial score (nSPS) is 16.2. The van der Waals surface area contributed by atoms with Crippen molar-refractivity contribution in [3.8, 4) is 0 Å².